The third-order valence-electron chi connectivity index (χ3n) is 5.12. The highest BCUT2D eigenvalue weighted by molar-refractivity contribution is 9.10. The van der Waals surface area contributed by atoms with Gasteiger partial charge in [0.15, 0.2) is 5.82 Å². The van der Waals surface area contributed by atoms with Crippen LogP contribution in [0.15, 0.2) is 16.7 Å². The molecule has 0 unspecified atom stereocenters. The van der Waals surface area contributed by atoms with Gasteiger partial charge in [-0.05, 0) is 67.7 Å². The maximum Gasteiger partial charge on any atom is 0.151 e. The molecule has 0 amide bonds. The molecule has 2 saturated heterocycles. The second kappa shape index (κ2) is 6.13. The lowest BCUT2D eigenvalue weighted by atomic mass is 9.86. The number of hydrogen-bond donors (Lipinski definition) is 1. The van der Waals surface area contributed by atoms with Gasteiger partial charge >= 0.3 is 0 Å². The van der Waals surface area contributed by atoms with Crippen LogP contribution in [0.5, 0.6) is 0 Å². The number of nitrogens with zero attached hydrogens (tertiary/aromatic N) is 3. The van der Waals surface area contributed by atoms with Gasteiger partial charge in [0.2, 0.25) is 0 Å². The molecule has 0 aliphatic carbocycles. The van der Waals surface area contributed by atoms with Crippen molar-refractivity contribution < 1.29 is 0 Å². The predicted molar refractivity (Wildman–Crippen MR) is 91.6 cm³/mol. The zero-order chi connectivity index (χ0) is 14.9. The Kier molecular flexibility index (Phi) is 4.41. The molecule has 116 valence electrons. The number of likely N-dealkylation sites (tertiary alicyclic amines) is 1. The van der Waals surface area contributed by atoms with Gasteiger partial charge in [-0.25, -0.2) is 4.98 Å². The van der Waals surface area contributed by atoms with Crippen molar-refractivity contribution in [2.24, 2.45) is 0 Å². The zero-order valence-electron chi connectivity index (χ0n) is 12.8. The molecule has 0 saturated carbocycles. The molecular formula is C16H25BrN4. The van der Waals surface area contributed by atoms with E-state index in [1.54, 1.807) is 0 Å². The standard InChI is InChI=1S/C16H25BrN4/c1-16(21-7-3-2-4-8-21)5-9-20(10-6-16)15-14(18)11-13(17)12-19-15/h11-12H,2-10,18H2,1H3. The van der Waals surface area contributed by atoms with E-state index in [0.717, 1.165) is 29.1 Å². The van der Waals surface area contributed by atoms with Crippen LogP contribution < -0.4 is 10.6 Å². The van der Waals surface area contributed by atoms with Crippen molar-refractivity contribution in [1.82, 2.24) is 9.88 Å². The summed E-state index contributed by atoms with van der Waals surface area (Å²) >= 11 is 3.42. The summed E-state index contributed by atoms with van der Waals surface area (Å²) in [4.78, 5) is 9.56. The Morgan fingerprint density at radius 3 is 2.43 bits per heavy atom. The van der Waals surface area contributed by atoms with E-state index in [4.69, 9.17) is 5.73 Å². The van der Waals surface area contributed by atoms with E-state index in [1.807, 2.05) is 12.3 Å². The third kappa shape index (κ3) is 3.19. The molecule has 3 heterocycles. The van der Waals surface area contributed by atoms with E-state index in [0.29, 0.717) is 5.54 Å². The van der Waals surface area contributed by atoms with E-state index in [-0.39, 0.29) is 0 Å². The Balaban J connectivity index is 1.66. The number of anilines is 2. The number of rotatable bonds is 2. The molecule has 5 heteroatoms. The van der Waals surface area contributed by atoms with Crippen LogP contribution in [0, 0.1) is 0 Å². The molecule has 4 nitrogen and oxygen atoms in total. The Hall–Kier alpha value is -0.810. The summed E-state index contributed by atoms with van der Waals surface area (Å²) in [5, 5.41) is 0. The Bertz CT molecular complexity index is 491. The monoisotopic (exact) mass is 352 g/mol. The molecule has 2 N–H and O–H groups in total. The number of aromatic nitrogens is 1. The minimum absolute atomic E-state index is 0.362. The van der Waals surface area contributed by atoms with Gasteiger partial charge in [-0.2, -0.15) is 0 Å². The molecule has 0 spiro atoms. The summed E-state index contributed by atoms with van der Waals surface area (Å²) in [6, 6.07) is 1.95. The van der Waals surface area contributed by atoms with Crippen LogP contribution in [0.25, 0.3) is 0 Å². The lowest BCUT2D eigenvalue weighted by Gasteiger charge is -2.48. The molecule has 0 atom stereocenters. The molecule has 3 rings (SSSR count). The quantitative estimate of drug-likeness (QED) is 0.886. The first-order chi connectivity index (χ1) is 10.1. The molecule has 0 aromatic carbocycles. The first kappa shape index (κ1) is 15.1. The lowest BCUT2D eigenvalue weighted by Crippen LogP contribution is -2.55. The molecule has 0 radical (unpaired) electrons. The summed E-state index contributed by atoms with van der Waals surface area (Å²) in [6.07, 6.45) is 8.36. The number of pyridine rings is 1. The summed E-state index contributed by atoms with van der Waals surface area (Å²) in [6.45, 7) is 7.08. The Morgan fingerprint density at radius 2 is 1.81 bits per heavy atom. The van der Waals surface area contributed by atoms with E-state index < -0.39 is 0 Å². The van der Waals surface area contributed by atoms with Gasteiger partial charge in [-0.15, -0.1) is 0 Å². The third-order valence-corrected chi connectivity index (χ3v) is 5.56. The van der Waals surface area contributed by atoms with Crippen LogP contribution in [-0.2, 0) is 0 Å². The number of hydrogen-bond acceptors (Lipinski definition) is 4. The van der Waals surface area contributed by atoms with Crippen LogP contribution in [0.1, 0.15) is 39.0 Å². The fraction of sp³-hybridized carbons (Fsp3) is 0.688. The predicted octanol–water partition coefficient (Wildman–Crippen LogP) is 3.27. The minimum atomic E-state index is 0.362. The topological polar surface area (TPSA) is 45.4 Å². The summed E-state index contributed by atoms with van der Waals surface area (Å²) in [5.41, 5.74) is 7.25. The van der Waals surface area contributed by atoms with Crippen LogP contribution in [0.4, 0.5) is 11.5 Å². The van der Waals surface area contributed by atoms with E-state index in [2.05, 4.69) is 37.6 Å². The Morgan fingerprint density at radius 1 is 1.14 bits per heavy atom. The van der Waals surface area contributed by atoms with Crippen molar-refractivity contribution in [2.75, 3.05) is 36.8 Å². The van der Waals surface area contributed by atoms with E-state index in [1.165, 1.54) is 45.2 Å². The smallest absolute Gasteiger partial charge is 0.151 e. The normalized spacial score (nSPS) is 23.2. The molecule has 1 aromatic rings. The van der Waals surface area contributed by atoms with Gasteiger partial charge in [0.25, 0.3) is 0 Å². The zero-order valence-corrected chi connectivity index (χ0v) is 14.4. The van der Waals surface area contributed by atoms with Crippen molar-refractivity contribution in [3.63, 3.8) is 0 Å². The van der Waals surface area contributed by atoms with Crippen molar-refractivity contribution in [1.29, 1.82) is 0 Å². The minimum Gasteiger partial charge on any atom is -0.396 e. The summed E-state index contributed by atoms with van der Waals surface area (Å²) in [5.74, 6) is 0.943. The molecule has 2 aliphatic heterocycles. The van der Waals surface area contributed by atoms with Crippen LogP contribution in [0.3, 0.4) is 0 Å². The van der Waals surface area contributed by atoms with Gasteiger partial charge < -0.3 is 10.6 Å². The molecular weight excluding hydrogens is 328 g/mol. The second-order valence-electron chi connectivity index (χ2n) is 6.60. The van der Waals surface area contributed by atoms with Gasteiger partial charge in [-0.3, -0.25) is 4.90 Å². The fourth-order valence-corrected chi connectivity index (χ4v) is 4.01. The molecule has 21 heavy (non-hydrogen) atoms. The summed E-state index contributed by atoms with van der Waals surface area (Å²) in [7, 11) is 0. The van der Waals surface area contributed by atoms with Crippen molar-refractivity contribution in [3.05, 3.63) is 16.7 Å². The van der Waals surface area contributed by atoms with Crippen LogP contribution in [-0.4, -0.2) is 41.6 Å². The SMILES string of the molecule is CC1(N2CCCCC2)CCN(c2ncc(Br)cc2N)CC1. The summed E-state index contributed by atoms with van der Waals surface area (Å²) < 4.78 is 0.943. The highest BCUT2D eigenvalue weighted by Gasteiger charge is 2.36. The average Bonchev–Trinajstić information content (AvgIpc) is 2.50. The van der Waals surface area contributed by atoms with E-state index >= 15 is 0 Å². The van der Waals surface area contributed by atoms with Crippen LogP contribution >= 0.6 is 15.9 Å². The highest BCUT2D eigenvalue weighted by atomic mass is 79.9. The molecule has 1 aromatic heterocycles. The highest BCUT2D eigenvalue weighted by Crippen LogP contribution is 2.34. The second-order valence-corrected chi connectivity index (χ2v) is 7.51. The number of piperidine rings is 2. The van der Waals surface area contributed by atoms with E-state index in [9.17, 15) is 0 Å². The van der Waals surface area contributed by atoms with Gasteiger partial charge in [0.05, 0.1) is 5.69 Å². The first-order valence-corrected chi connectivity index (χ1v) is 8.79. The first-order valence-electron chi connectivity index (χ1n) is 7.99. The molecule has 2 aliphatic rings. The van der Waals surface area contributed by atoms with Gasteiger partial charge in [0.1, 0.15) is 0 Å². The number of halogens is 1. The number of nitrogens with two attached hydrogens (primary N) is 1. The number of nitrogen functional groups attached to an aromatic ring is 1. The molecule has 2 fully saturated rings. The van der Waals surface area contributed by atoms with Crippen molar-refractivity contribution in [3.8, 4) is 0 Å². The Labute approximate surface area is 135 Å². The van der Waals surface area contributed by atoms with Crippen LogP contribution in [0.2, 0.25) is 0 Å². The fourth-order valence-electron chi connectivity index (χ4n) is 3.66. The average molecular weight is 353 g/mol. The lowest BCUT2D eigenvalue weighted by molar-refractivity contribution is 0.0593. The maximum atomic E-state index is 6.12. The van der Waals surface area contributed by atoms with Crippen molar-refractivity contribution in [2.45, 2.75) is 44.6 Å². The largest absolute Gasteiger partial charge is 0.396 e. The molecule has 0 bridgehead atoms. The maximum absolute atomic E-state index is 6.12. The van der Waals surface area contributed by atoms with Gasteiger partial charge in [0, 0.05) is 29.3 Å². The van der Waals surface area contributed by atoms with Crippen molar-refractivity contribution >= 4 is 27.4 Å². The van der Waals surface area contributed by atoms with Gasteiger partial charge in [-0.1, -0.05) is 6.42 Å².